The topological polar surface area (TPSA) is 52.9 Å². The number of hydrogen-bond acceptors (Lipinski definition) is 3. The predicted molar refractivity (Wildman–Crippen MR) is 79.4 cm³/mol. The van der Waals surface area contributed by atoms with Crippen LogP contribution >= 0.6 is 0 Å². The van der Waals surface area contributed by atoms with E-state index in [-0.39, 0.29) is 17.1 Å². The highest BCUT2D eigenvalue weighted by Crippen LogP contribution is 2.44. The average molecular weight is 272 g/mol. The van der Waals surface area contributed by atoms with Crippen molar-refractivity contribution < 1.29 is 4.79 Å². The quantitative estimate of drug-likeness (QED) is 0.834. The second kappa shape index (κ2) is 5.09. The van der Waals surface area contributed by atoms with E-state index in [4.69, 9.17) is 0 Å². The summed E-state index contributed by atoms with van der Waals surface area (Å²) in [7, 11) is 0. The molecule has 0 amide bonds. The summed E-state index contributed by atoms with van der Waals surface area (Å²) >= 11 is 0. The third-order valence-corrected chi connectivity index (χ3v) is 4.19. The second-order valence-corrected chi connectivity index (χ2v) is 7.29. The van der Waals surface area contributed by atoms with Gasteiger partial charge in [0.1, 0.15) is 0 Å². The number of nitriles is 1. The van der Waals surface area contributed by atoms with Crippen LogP contribution in [0, 0.1) is 28.6 Å². The number of hydrogen-bond donors (Lipinski definition) is 1. The van der Waals surface area contributed by atoms with Crippen molar-refractivity contribution in [2.45, 2.75) is 53.9 Å². The average Bonchev–Trinajstić information content (AvgIpc) is 2.25. The van der Waals surface area contributed by atoms with E-state index in [9.17, 15) is 10.1 Å². The fraction of sp³-hybridized carbons (Fsp3) is 0.647. The molecule has 0 fully saturated rings. The Balaban J connectivity index is 2.48. The number of dihydropyridines is 1. The smallest absolute Gasteiger partial charge is 0.161 e. The van der Waals surface area contributed by atoms with Crippen molar-refractivity contribution in [1.29, 1.82) is 5.26 Å². The van der Waals surface area contributed by atoms with Crippen LogP contribution in [0.3, 0.4) is 0 Å². The zero-order valence-corrected chi connectivity index (χ0v) is 13.1. The first-order chi connectivity index (χ1) is 9.25. The van der Waals surface area contributed by atoms with Gasteiger partial charge in [-0.3, -0.25) is 4.79 Å². The molecule has 0 aromatic carbocycles. The minimum atomic E-state index is -0.0140. The Bertz CT molecular complexity index is 544. The van der Waals surface area contributed by atoms with E-state index in [1.807, 2.05) is 6.92 Å². The lowest BCUT2D eigenvalue weighted by atomic mass is 9.69. The maximum absolute atomic E-state index is 12.6. The Morgan fingerprint density at radius 1 is 1.40 bits per heavy atom. The molecule has 0 saturated carbocycles. The third-order valence-electron chi connectivity index (χ3n) is 4.19. The summed E-state index contributed by atoms with van der Waals surface area (Å²) in [5, 5.41) is 12.8. The van der Waals surface area contributed by atoms with Gasteiger partial charge in [0, 0.05) is 29.3 Å². The summed E-state index contributed by atoms with van der Waals surface area (Å²) in [6.45, 7) is 10.5. The molecule has 0 bridgehead atoms. The number of Topliss-reactive ketones (excluding diaryl/α,β-unsaturated/α-hetero) is 1. The molecule has 1 aliphatic heterocycles. The first kappa shape index (κ1) is 14.8. The van der Waals surface area contributed by atoms with Gasteiger partial charge in [0.2, 0.25) is 0 Å². The SMILES string of the molecule is CC1=C(C#N)[C@@H](CC(C)C)C2=C(CC(C)(C)CC2=O)N1. The van der Waals surface area contributed by atoms with E-state index in [0.29, 0.717) is 12.3 Å². The molecule has 1 N–H and O–H groups in total. The van der Waals surface area contributed by atoms with Crippen molar-refractivity contribution >= 4 is 5.78 Å². The summed E-state index contributed by atoms with van der Waals surface area (Å²) in [6.07, 6.45) is 2.34. The summed E-state index contributed by atoms with van der Waals surface area (Å²) in [4.78, 5) is 12.6. The van der Waals surface area contributed by atoms with Gasteiger partial charge in [-0.15, -0.1) is 0 Å². The van der Waals surface area contributed by atoms with Crippen molar-refractivity contribution in [3.8, 4) is 6.07 Å². The molecule has 0 radical (unpaired) electrons. The Labute approximate surface area is 121 Å². The fourth-order valence-corrected chi connectivity index (χ4v) is 3.42. The molecule has 3 heteroatoms. The zero-order chi connectivity index (χ0) is 15.1. The minimum absolute atomic E-state index is 0.00965. The lowest BCUT2D eigenvalue weighted by Gasteiger charge is -2.39. The van der Waals surface area contributed by atoms with Crippen LogP contribution in [-0.2, 0) is 4.79 Å². The highest BCUT2D eigenvalue weighted by Gasteiger charge is 2.40. The van der Waals surface area contributed by atoms with Gasteiger partial charge in [-0.2, -0.15) is 5.26 Å². The fourth-order valence-electron chi connectivity index (χ4n) is 3.42. The van der Waals surface area contributed by atoms with E-state index in [2.05, 4.69) is 39.1 Å². The Morgan fingerprint density at radius 2 is 2.05 bits per heavy atom. The van der Waals surface area contributed by atoms with Crippen LogP contribution in [0.2, 0.25) is 0 Å². The lowest BCUT2D eigenvalue weighted by Crippen LogP contribution is -2.37. The van der Waals surface area contributed by atoms with Crippen LogP contribution in [0.15, 0.2) is 22.5 Å². The van der Waals surface area contributed by atoms with Crippen molar-refractivity contribution in [3.63, 3.8) is 0 Å². The Kier molecular flexibility index (Phi) is 3.77. The molecule has 0 aromatic heterocycles. The number of rotatable bonds is 2. The highest BCUT2D eigenvalue weighted by molar-refractivity contribution is 5.99. The molecule has 1 atom stereocenters. The van der Waals surface area contributed by atoms with Crippen LogP contribution in [0.1, 0.15) is 53.9 Å². The monoisotopic (exact) mass is 272 g/mol. The number of carbonyl (C=O) groups excluding carboxylic acids is 1. The normalized spacial score (nSPS) is 25.4. The van der Waals surface area contributed by atoms with Gasteiger partial charge in [0.15, 0.2) is 5.78 Å². The zero-order valence-electron chi connectivity index (χ0n) is 13.1. The van der Waals surface area contributed by atoms with Gasteiger partial charge < -0.3 is 5.32 Å². The van der Waals surface area contributed by atoms with Gasteiger partial charge in [-0.05, 0) is 31.1 Å². The minimum Gasteiger partial charge on any atom is -0.361 e. The molecule has 20 heavy (non-hydrogen) atoms. The molecule has 1 heterocycles. The first-order valence-corrected chi connectivity index (χ1v) is 7.39. The molecule has 0 saturated heterocycles. The van der Waals surface area contributed by atoms with E-state index >= 15 is 0 Å². The molecular formula is C17H24N2O. The Morgan fingerprint density at radius 3 is 2.60 bits per heavy atom. The lowest BCUT2D eigenvalue weighted by molar-refractivity contribution is -0.118. The molecule has 2 aliphatic rings. The van der Waals surface area contributed by atoms with Gasteiger partial charge >= 0.3 is 0 Å². The summed E-state index contributed by atoms with van der Waals surface area (Å²) < 4.78 is 0. The van der Waals surface area contributed by atoms with Crippen molar-refractivity contribution in [3.05, 3.63) is 22.5 Å². The standard InChI is InChI=1S/C17H24N2O/c1-10(2)6-12-13(9-18)11(3)19-14-7-17(4,5)8-15(20)16(12)14/h10,12,19H,6-8H2,1-5H3/t12-/m1/s1. The van der Waals surface area contributed by atoms with Crippen LogP contribution < -0.4 is 5.32 Å². The van der Waals surface area contributed by atoms with E-state index in [1.165, 1.54) is 0 Å². The molecule has 0 spiro atoms. The van der Waals surface area contributed by atoms with Crippen LogP contribution in [0.5, 0.6) is 0 Å². The van der Waals surface area contributed by atoms with Gasteiger partial charge in [0.05, 0.1) is 11.6 Å². The molecular weight excluding hydrogens is 248 g/mol. The number of nitrogens with zero attached hydrogens (tertiary/aromatic N) is 1. The molecule has 1 aliphatic carbocycles. The molecule has 0 unspecified atom stereocenters. The number of carbonyl (C=O) groups is 1. The molecule has 108 valence electrons. The van der Waals surface area contributed by atoms with Gasteiger partial charge in [-0.25, -0.2) is 0 Å². The van der Waals surface area contributed by atoms with E-state index < -0.39 is 0 Å². The summed E-state index contributed by atoms with van der Waals surface area (Å²) in [5.74, 6) is 0.667. The summed E-state index contributed by atoms with van der Waals surface area (Å²) in [6, 6.07) is 2.31. The maximum Gasteiger partial charge on any atom is 0.161 e. The Hall–Kier alpha value is -1.56. The molecule has 3 nitrogen and oxygen atoms in total. The molecule has 0 aromatic rings. The molecule has 2 rings (SSSR count). The van der Waals surface area contributed by atoms with Crippen molar-refractivity contribution in [2.75, 3.05) is 0 Å². The van der Waals surface area contributed by atoms with E-state index in [1.54, 1.807) is 0 Å². The maximum atomic E-state index is 12.6. The second-order valence-electron chi connectivity index (χ2n) is 7.29. The van der Waals surface area contributed by atoms with Crippen molar-refractivity contribution in [2.24, 2.45) is 17.3 Å². The number of nitrogens with one attached hydrogen (secondary N) is 1. The first-order valence-electron chi connectivity index (χ1n) is 7.39. The predicted octanol–water partition coefficient (Wildman–Crippen LogP) is 3.69. The largest absolute Gasteiger partial charge is 0.361 e. The third kappa shape index (κ3) is 2.65. The van der Waals surface area contributed by atoms with E-state index in [0.717, 1.165) is 35.4 Å². The van der Waals surface area contributed by atoms with Crippen LogP contribution in [-0.4, -0.2) is 5.78 Å². The number of ketones is 1. The van der Waals surface area contributed by atoms with Crippen LogP contribution in [0.4, 0.5) is 0 Å². The van der Waals surface area contributed by atoms with Gasteiger partial charge in [0.25, 0.3) is 0 Å². The van der Waals surface area contributed by atoms with Crippen molar-refractivity contribution in [1.82, 2.24) is 5.32 Å². The highest BCUT2D eigenvalue weighted by atomic mass is 16.1. The number of allylic oxidation sites excluding steroid dienone is 4. The van der Waals surface area contributed by atoms with Gasteiger partial charge in [-0.1, -0.05) is 27.7 Å². The van der Waals surface area contributed by atoms with Crippen LogP contribution in [0.25, 0.3) is 0 Å². The summed E-state index contributed by atoms with van der Waals surface area (Å²) in [5.41, 5.74) is 3.59.